The van der Waals surface area contributed by atoms with Crippen molar-refractivity contribution in [3.8, 4) is 5.75 Å². The Morgan fingerprint density at radius 3 is 2.22 bits per heavy atom. The first-order valence-corrected chi connectivity index (χ1v) is 11.6. The Hall–Kier alpha value is -4.46. The number of carbonyl (C=O) groups excluding carboxylic acids is 4. The van der Waals surface area contributed by atoms with Crippen LogP contribution < -0.4 is 15.4 Å². The lowest BCUT2D eigenvalue weighted by molar-refractivity contribution is -0.121. The van der Waals surface area contributed by atoms with Crippen molar-refractivity contribution in [2.24, 2.45) is 0 Å². The first-order valence-electron chi connectivity index (χ1n) is 11.6. The highest BCUT2D eigenvalue weighted by atomic mass is 16.7. The van der Waals surface area contributed by atoms with Gasteiger partial charge < -0.3 is 20.1 Å². The van der Waals surface area contributed by atoms with Gasteiger partial charge in [0, 0.05) is 36.2 Å². The van der Waals surface area contributed by atoms with Crippen LogP contribution in [0.2, 0.25) is 0 Å². The summed E-state index contributed by atoms with van der Waals surface area (Å²) in [5, 5.41) is 5.60. The first-order chi connectivity index (χ1) is 17.3. The van der Waals surface area contributed by atoms with Gasteiger partial charge in [0.2, 0.25) is 5.91 Å². The van der Waals surface area contributed by atoms with Gasteiger partial charge in [0.25, 0.3) is 5.91 Å². The highest BCUT2D eigenvalue weighted by Crippen LogP contribution is 2.16. The molecule has 0 aliphatic rings. The molecular formula is C28H28N2O6. The van der Waals surface area contributed by atoms with Crippen LogP contribution in [0.4, 0.5) is 10.5 Å². The monoisotopic (exact) mass is 488 g/mol. The van der Waals surface area contributed by atoms with Crippen molar-refractivity contribution in [2.75, 3.05) is 11.9 Å². The highest BCUT2D eigenvalue weighted by molar-refractivity contribution is 6.04. The quantitative estimate of drug-likeness (QED) is 0.234. The van der Waals surface area contributed by atoms with E-state index >= 15 is 0 Å². The molecule has 0 aromatic heterocycles. The predicted molar refractivity (Wildman–Crippen MR) is 135 cm³/mol. The molecular weight excluding hydrogens is 460 g/mol. The summed E-state index contributed by atoms with van der Waals surface area (Å²) in [6, 6.07) is 20.4. The van der Waals surface area contributed by atoms with Crippen LogP contribution >= 0.6 is 0 Å². The summed E-state index contributed by atoms with van der Waals surface area (Å²) < 4.78 is 9.69. The number of rotatable bonds is 10. The van der Waals surface area contributed by atoms with Gasteiger partial charge in [-0.25, -0.2) is 4.79 Å². The molecule has 0 heterocycles. The molecule has 0 saturated carbocycles. The standard InChI is InChI=1S/C28H28N2O6/c1-3-35-28(34)36-24-13-11-22(12-14-24)27(33)30-23-6-4-5-20(17-23)18-29-26(32)16-15-25(31)21-9-7-19(2)8-10-21/h4-14,17H,3,15-16,18H2,1-2H3,(H,29,32)(H,30,33). The smallest absolute Gasteiger partial charge is 0.434 e. The van der Waals surface area contributed by atoms with E-state index < -0.39 is 6.16 Å². The third-order valence-electron chi connectivity index (χ3n) is 5.21. The van der Waals surface area contributed by atoms with E-state index in [-0.39, 0.29) is 49.3 Å². The van der Waals surface area contributed by atoms with Crippen LogP contribution in [0.3, 0.4) is 0 Å². The second-order valence-corrected chi connectivity index (χ2v) is 8.03. The summed E-state index contributed by atoms with van der Waals surface area (Å²) >= 11 is 0. The molecule has 0 saturated heterocycles. The van der Waals surface area contributed by atoms with Crippen LogP contribution in [0.5, 0.6) is 5.75 Å². The van der Waals surface area contributed by atoms with Gasteiger partial charge in [0.1, 0.15) is 5.75 Å². The van der Waals surface area contributed by atoms with Gasteiger partial charge >= 0.3 is 6.16 Å². The minimum Gasteiger partial charge on any atom is -0.434 e. The summed E-state index contributed by atoms with van der Waals surface area (Å²) in [5.74, 6) is -0.373. The Morgan fingerprint density at radius 1 is 0.833 bits per heavy atom. The lowest BCUT2D eigenvalue weighted by Gasteiger charge is -2.09. The van der Waals surface area contributed by atoms with Gasteiger partial charge in [-0.1, -0.05) is 42.0 Å². The van der Waals surface area contributed by atoms with Gasteiger partial charge in [0.15, 0.2) is 5.78 Å². The number of anilines is 1. The van der Waals surface area contributed by atoms with E-state index in [0.29, 0.717) is 16.8 Å². The topological polar surface area (TPSA) is 111 Å². The van der Waals surface area contributed by atoms with Crippen molar-refractivity contribution in [2.45, 2.75) is 33.2 Å². The van der Waals surface area contributed by atoms with Crippen molar-refractivity contribution in [1.82, 2.24) is 5.32 Å². The minimum atomic E-state index is -0.809. The highest BCUT2D eigenvalue weighted by Gasteiger charge is 2.11. The lowest BCUT2D eigenvalue weighted by atomic mass is 10.0. The number of hydrogen-bond donors (Lipinski definition) is 2. The van der Waals surface area contributed by atoms with Gasteiger partial charge in [-0.2, -0.15) is 0 Å². The van der Waals surface area contributed by atoms with Crippen molar-refractivity contribution in [3.63, 3.8) is 0 Å². The van der Waals surface area contributed by atoms with E-state index in [9.17, 15) is 19.2 Å². The van der Waals surface area contributed by atoms with E-state index in [4.69, 9.17) is 9.47 Å². The number of aryl methyl sites for hydroxylation is 1. The molecule has 2 N–H and O–H groups in total. The summed E-state index contributed by atoms with van der Waals surface area (Å²) in [5.41, 5.74) is 3.40. The SMILES string of the molecule is CCOC(=O)Oc1ccc(C(=O)Nc2cccc(CNC(=O)CCC(=O)c3ccc(C)cc3)c2)cc1. The zero-order valence-electron chi connectivity index (χ0n) is 20.2. The third-order valence-corrected chi connectivity index (χ3v) is 5.21. The van der Waals surface area contributed by atoms with E-state index in [1.807, 2.05) is 25.1 Å². The normalized spacial score (nSPS) is 10.3. The van der Waals surface area contributed by atoms with Crippen LogP contribution in [-0.4, -0.2) is 30.4 Å². The number of amides is 2. The van der Waals surface area contributed by atoms with Crippen molar-refractivity contribution in [3.05, 3.63) is 95.1 Å². The molecule has 186 valence electrons. The molecule has 0 aliphatic carbocycles. The number of Topliss-reactive ketones (excluding diaryl/α,β-unsaturated/α-hetero) is 1. The van der Waals surface area contributed by atoms with Crippen molar-refractivity contribution < 1.29 is 28.7 Å². The van der Waals surface area contributed by atoms with Crippen molar-refractivity contribution in [1.29, 1.82) is 0 Å². The number of benzene rings is 3. The molecule has 2 amide bonds. The number of hydrogen-bond acceptors (Lipinski definition) is 6. The molecule has 0 atom stereocenters. The van der Waals surface area contributed by atoms with Crippen LogP contribution in [0.1, 0.15) is 51.6 Å². The second-order valence-electron chi connectivity index (χ2n) is 8.03. The predicted octanol–water partition coefficient (Wildman–Crippen LogP) is 5.06. The number of nitrogens with one attached hydrogen (secondary N) is 2. The Morgan fingerprint density at radius 2 is 1.53 bits per heavy atom. The first kappa shape index (κ1) is 26.2. The molecule has 0 unspecified atom stereocenters. The van der Waals surface area contributed by atoms with Gasteiger partial charge in [-0.3, -0.25) is 14.4 Å². The molecule has 36 heavy (non-hydrogen) atoms. The zero-order chi connectivity index (χ0) is 25.9. The molecule has 0 spiro atoms. The molecule has 3 aromatic carbocycles. The molecule has 0 fully saturated rings. The lowest BCUT2D eigenvalue weighted by Crippen LogP contribution is -2.23. The van der Waals surface area contributed by atoms with E-state index in [1.165, 1.54) is 24.3 Å². The third kappa shape index (κ3) is 8.09. The average molecular weight is 489 g/mol. The fraction of sp³-hybridized carbons (Fsp3) is 0.214. The average Bonchev–Trinajstić information content (AvgIpc) is 2.87. The minimum absolute atomic E-state index is 0.0738. The molecule has 0 bridgehead atoms. The van der Waals surface area contributed by atoms with Crippen LogP contribution in [0.25, 0.3) is 0 Å². The number of carbonyl (C=O) groups is 4. The largest absolute Gasteiger partial charge is 0.513 e. The Bertz CT molecular complexity index is 1220. The van der Waals surface area contributed by atoms with Crippen LogP contribution in [0.15, 0.2) is 72.8 Å². The van der Waals surface area contributed by atoms with Gasteiger partial charge in [-0.15, -0.1) is 0 Å². The van der Waals surface area contributed by atoms with E-state index in [0.717, 1.165) is 11.1 Å². The van der Waals surface area contributed by atoms with Gasteiger partial charge in [0.05, 0.1) is 6.61 Å². The summed E-state index contributed by atoms with van der Waals surface area (Å²) in [6.07, 6.45) is -0.579. The Kier molecular flexibility index (Phi) is 9.33. The second kappa shape index (κ2) is 12.9. The van der Waals surface area contributed by atoms with Gasteiger partial charge in [-0.05, 0) is 55.8 Å². The van der Waals surface area contributed by atoms with Crippen molar-refractivity contribution >= 4 is 29.4 Å². The van der Waals surface area contributed by atoms with Crippen LogP contribution in [-0.2, 0) is 16.1 Å². The maximum absolute atomic E-state index is 12.6. The summed E-state index contributed by atoms with van der Waals surface area (Å²) in [4.78, 5) is 48.4. The molecule has 3 rings (SSSR count). The summed E-state index contributed by atoms with van der Waals surface area (Å²) in [7, 11) is 0. The Balaban J connectivity index is 1.47. The van der Waals surface area contributed by atoms with Crippen LogP contribution in [0, 0.1) is 6.92 Å². The Labute approximate surface area is 209 Å². The fourth-order valence-electron chi connectivity index (χ4n) is 3.28. The number of ketones is 1. The molecule has 8 heteroatoms. The van der Waals surface area contributed by atoms with E-state index in [1.54, 1.807) is 37.3 Å². The molecule has 3 aromatic rings. The fourth-order valence-corrected chi connectivity index (χ4v) is 3.28. The number of ether oxygens (including phenoxy) is 2. The maximum Gasteiger partial charge on any atom is 0.513 e. The summed E-state index contributed by atoms with van der Waals surface area (Å²) in [6.45, 7) is 4.09. The molecule has 8 nitrogen and oxygen atoms in total. The zero-order valence-corrected chi connectivity index (χ0v) is 20.2. The maximum atomic E-state index is 12.6. The molecule has 0 aliphatic heterocycles. The van der Waals surface area contributed by atoms with E-state index in [2.05, 4.69) is 10.6 Å². The molecule has 0 radical (unpaired) electrons.